The number of nitrogens with one attached hydrogen (secondary N) is 1. The number of aliphatic hydroxyl groups excluding tert-OH is 1. The average molecular weight is 291 g/mol. The third-order valence-corrected chi connectivity index (χ3v) is 3.94. The molecule has 2 heteroatoms. The summed E-state index contributed by atoms with van der Waals surface area (Å²) in [5.41, 5.74) is 1.27. The largest absolute Gasteiger partial charge is 0.392 e. The highest BCUT2D eigenvalue weighted by Gasteiger charge is 2.03. The van der Waals surface area contributed by atoms with Crippen molar-refractivity contribution in [3.63, 3.8) is 0 Å². The minimum atomic E-state index is -0.200. The first-order chi connectivity index (χ1) is 10.3. The minimum Gasteiger partial charge on any atom is -0.392 e. The van der Waals surface area contributed by atoms with Crippen LogP contribution in [0.3, 0.4) is 0 Å². The number of hydrogen-bond donors (Lipinski definition) is 2. The fourth-order valence-electron chi connectivity index (χ4n) is 2.59. The van der Waals surface area contributed by atoms with E-state index in [9.17, 15) is 5.11 Å². The van der Waals surface area contributed by atoms with Gasteiger partial charge < -0.3 is 10.4 Å². The summed E-state index contributed by atoms with van der Waals surface area (Å²) < 4.78 is 0. The molecule has 0 saturated heterocycles. The van der Waals surface area contributed by atoms with Crippen molar-refractivity contribution in [3.8, 4) is 0 Å². The lowest BCUT2D eigenvalue weighted by Gasteiger charge is -2.11. The summed E-state index contributed by atoms with van der Waals surface area (Å²) in [6.45, 7) is 3.80. The van der Waals surface area contributed by atoms with E-state index >= 15 is 0 Å². The van der Waals surface area contributed by atoms with Crippen molar-refractivity contribution in [1.82, 2.24) is 5.32 Å². The van der Waals surface area contributed by atoms with E-state index in [-0.39, 0.29) is 6.10 Å². The Bertz CT molecular complexity index is 326. The third kappa shape index (κ3) is 10.5. The van der Waals surface area contributed by atoms with Crippen LogP contribution in [-0.2, 0) is 6.54 Å². The molecule has 0 aliphatic heterocycles. The van der Waals surface area contributed by atoms with E-state index in [0.717, 1.165) is 19.4 Å². The highest BCUT2D eigenvalue weighted by Crippen LogP contribution is 2.10. The van der Waals surface area contributed by atoms with Gasteiger partial charge in [-0.2, -0.15) is 0 Å². The highest BCUT2D eigenvalue weighted by atomic mass is 16.3. The maximum absolute atomic E-state index is 9.94. The summed E-state index contributed by atoms with van der Waals surface area (Å²) in [5, 5.41) is 13.3. The zero-order chi connectivity index (χ0) is 15.2. The predicted octanol–water partition coefficient (Wildman–Crippen LogP) is 4.67. The maximum atomic E-state index is 9.94. The van der Waals surface area contributed by atoms with E-state index in [2.05, 4.69) is 24.4 Å². The van der Waals surface area contributed by atoms with Crippen molar-refractivity contribution >= 4 is 0 Å². The molecule has 1 rings (SSSR count). The first kappa shape index (κ1) is 18.2. The molecule has 0 saturated carbocycles. The van der Waals surface area contributed by atoms with Gasteiger partial charge in [-0.05, 0) is 12.0 Å². The molecule has 21 heavy (non-hydrogen) atoms. The van der Waals surface area contributed by atoms with Crippen LogP contribution in [0.4, 0.5) is 0 Å². The zero-order valence-corrected chi connectivity index (χ0v) is 13.7. The Hall–Kier alpha value is -0.860. The molecular formula is C19H33NO. The van der Waals surface area contributed by atoms with Gasteiger partial charge in [-0.1, -0.05) is 88.6 Å². The predicted molar refractivity (Wildman–Crippen MR) is 91.4 cm³/mol. The quantitative estimate of drug-likeness (QED) is 0.518. The van der Waals surface area contributed by atoms with Crippen LogP contribution in [0.5, 0.6) is 0 Å². The van der Waals surface area contributed by atoms with E-state index in [1.54, 1.807) is 0 Å². The van der Waals surface area contributed by atoms with Gasteiger partial charge in [0.2, 0.25) is 0 Å². The van der Waals surface area contributed by atoms with E-state index < -0.39 is 0 Å². The Morgan fingerprint density at radius 1 is 0.905 bits per heavy atom. The van der Waals surface area contributed by atoms with E-state index in [0.29, 0.717) is 6.54 Å². The monoisotopic (exact) mass is 291 g/mol. The Morgan fingerprint density at radius 2 is 1.52 bits per heavy atom. The van der Waals surface area contributed by atoms with Crippen LogP contribution in [0, 0.1) is 0 Å². The fourth-order valence-corrected chi connectivity index (χ4v) is 2.59. The molecular weight excluding hydrogens is 258 g/mol. The third-order valence-electron chi connectivity index (χ3n) is 3.94. The molecule has 0 heterocycles. The van der Waals surface area contributed by atoms with Gasteiger partial charge in [0.1, 0.15) is 0 Å². The molecule has 120 valence electrons. The number of hydrogen-bond acceptors (Lipinski definition) is 2. The zero-order valence-electron chi connectivity index (χ0n) is 13.7. The standard InChI is InChI=1S/C19H33NO/c1-2-3-4-5-6-7-8-12-15-19(21)17-20-16-18-13-10-9-11-14-18/h9-11,13-14,19-21H,2-8,12,15-17H2,1H3/t19-/m0/s1. The average Bonchev–Trinajstić information content (AvgIpc) is 2.51. The SMILES string of the molecule is CCCCCCCCCC[C@H](O)CNCc1ccccc1. The van der Waals surface area contributed by atoms with Gasteiger partial charge in [-0.25, -0.2) is 0 Å². The van der Waals surface area contributed by atoms with Crippen LogP contribution in [0.25, 0.3) is 0 Å². The normalized spacial score (nSPS) is 12.5. The second-order valence-electron chi connectivity index (χ2n) is 6.03. The van der Waals surface area contributed by atoms with Gasteiger partial charge in [0.05, 0.1) is 6.10 Å². The summed E-state index contributed by atoms with van der Waals surface area (Å²) in [6, 6.07) is 10.3. The van der Waals surface area contributed by atoms with Crippen molar-refractivity contribution < 1.29 is 5.11 Å². The molecule has 2 N–H and O–H groups in total. The lowest BCUT2D eigenvalue weighted by atomic mass is 10.1. The molecule has 1 aromatic carbocycles. The van der Waals surface area contributed by atoms with Crippen LogP contribution < -0.4 is 5.32 Å². The lowest BCUT2D eigenvalue weighted by molar-refractivity contribution is 0.157. The van der Waals surface area contributed by atoms with Crippen LogP contribution in [-0.4, -0.2) is 17.8 Å². The molecule has 2 nitrogen and oxygen atoms in total. The number of benzene rings is 1. The molecule has 0 fully saturated rings. The number of aliphatic hydroxyl groups is 1. The molecule has 1 aromatic rings. The topological polar surface area (TPSA) is 32.3 Å². The molecule has 1 atom stereocenters. The number of unbranched alkanes of at least 4 members (excludes halogenated alkanes) is 7. The summed E-state index contributed by atoms with van der Waals surface area (Å²) in [7, 11) is 0. The second-order valence-corrected chi connectivity index (χ2v) is 6.03. The molecule has 0 bridgehead atoms. The van der Waals surface area contributed by atoms with E-state index in [4.69, 9.17) is 0 Å². The van der Waals surface area contributed by atoms with Gasteiger partial charge in [0.15, 0.2) is 0 Å². The second kappa shape index (κ2) is 12.8. The summed E-state index contributed by atoms with van der Waals surface area (Å²) >= 11 is 0. The van der Waals surface area contributed by atoms with Crippen LogP contribution >= 0.6 is 0 Å². The highest BCUT2D eigenvalue weighted by molar-refractivity contribution is 5.14. The van der Waals surface area contributed by atoms with Gasteiger partial charge in [-0.15, -0.1) is 0 Å². The van der Waals surface area contributed by atoms with Gasteiger partial charge in [0.25, 0.3) is 0 Å². The van der Waals surface area contributed by atoms with E-state index in [1.807, 2.05) is 18.2 Å². The molecule has 0 aliphatic rings. The fraction of sp³-hybridized carbons (Fsp3) is 0.684. The first-order valence-electron chi connectivity index (χ1n) is 8.75. The van der Waals surface area contributed by atoms with Crippen molar-refractivity contribution in [2.75, 3.05) is 6.54 Å². The van der Waals surface area contributed by atoms with Crippen molar-refractivity contribution in [1.29, 1.82) is 0 Å². The van der Waals surface area contributed by atoms with E-state index in [1.165, 1.54) is 50.5 Å². The maximum Gasteiger partial charge on any atom is 0.0664 e. The molecule has 0 spiro atoms. The van der Waals surface area contributed by atoms with Crippen LogP contribution in [0.15, 0.2) is 30.3 Å². The Morgan fingerprint density at radius 3 is 2.19 bits per heavy atom. The summed E-state index contributed by atoms with van der Waals surface area (Å²) in [6.07, 6.45) is 11.3. The molecule has 0 amide bonds. The van der Waals surface area contributed by atoms with Crippen LogP contribution in [0.1, 0.15) is 70.3 Å². The van der Waals surface area contributed by atoms with Gasteiger partial charge in [-0.3, -0.25) is 0 Å². The first-order valence-corrected chi connectivity index (χ1v) is 8.75. The van der Waals surface area contributed by atoms with Crippen molar-refractivity contribution in [2.24, 2.45) is 0 Å². The molecule has 0 radical (unpaired) electrons. The van der Waals surface area contributed by atoms with Gasteiger partial charge in [0, 0.05) is 13.1 Å². The summed E-state index contributed by atoms with van der Waals surface area (Å²) in [4.78, 5) is 0. The number of rotatable bonds is 13. The van der Waals surface area contributed by atoms with Crippen molar-refractivity contribution in [2.45, 2.75) is 77.4 Å². The van der Waals surface area contributed by atoms with Crippen molar-refractivity contribution in [3.05, 3.63) is 35.9 Å². The van der Waals surface area contributed by atoms with Gasteiger partial charge >= 0.3 is 0 Å². The lowest BCUT2D eigenvalue weighted by Crippen LogP contribution is -2.26. The Kier molecular flexibility index (Phi) is 11.1. The minimum absolute atomic E-state index is 0.200. The summed E-state index contributed by atoms with van der Waals surface area (Å²) in [5.74, 6) is 0. The molecule has 0 aliphatic carbocycles. The van der Waals surface area contributed by atoms with Crippen LogP contribution in [0.2, 0.25) is 0 Å². The molecule has 0 aromatic heterocycles. The smallest absolute Gasteiger partial charge is 0.0664 e. The molecule has 0 unspecified atom stereocenters. The Labute approximate surface area is 131 Å². The Balaban J connectivity index is 1.88.